The third kappa shape index (κ3) is 5.89. The zero-order valence-electron chi connectivity index (χ0n) is 14.6. The largest absolute Gasteiger partial charge is 0.492 e. The van der Waals surface area contributed by atoms with Gasteiger partial charge in [0.05, 0.1) is 17.8 Å². The van der Waals surface area contributed by atoms with E-state index in [1.807, 2.05) is 26.0 Å². The van der Waals surface area contributed by atoms with Crippen LogP contribution in [0.25, 0.3) is 0 Å². The van der Waals surface area contributed by atoms with Gasteiger partial charge in [0.1, 0.15) is 5.75 Å². The van der Waals surface area contributed by atoms with Crippen LogP contribution < -0.4 is 15.5 Å². The van der Waals surface area contributed by atoms with E-state index in [1.165, 1.54) is 6.21 Å². The van der Waals surface area contributed by atoms with Crippen LogP contribution in [0.15, 0.2) is 47.6 Å². The Balaban J connectivity index is 1.88. The number of ether oxygens (including phenoxy) is 1. The van der Waals surface area contributed by atoms with E-state index in [1.54, 1.807) is 30.3 Å². The fourth-order valence-corrected chi connectivity index (χ4v) is 2.21. The molecule has 136 valence electrons. The van der Waals surface area contributed by atoms with Crippen molar-refractivity contribution in [2.75, 3.05) is 11.9 Å². The van der Waals surface area contributed by atoms with Gasteiger partial charge in [-0.25, -0.2) is 5.43 Å². The van der Waals surface area contributed by atoms with E-state index < -0.39 is 11.8 Å². The average molecular weight is 374 g/mol. The van der Waals surface area contributed by atoms with Crippen molar-refractivity contribution < 1.29 is 14.3 Å². The maximum atomic E-state index is 11.8. The van der Waals surface area contributed by atoms with Crippen molar-refractivity contribution in [2.24, 2.45) is 5.10 Å². The Morgan fingerprint density at radius 1 is 1.15 bits per heavy atom. The third-order valence-electron chi connectivity index (χ3n) is 3.31. The monoisotopic (exact) mass is 373 g/mol. The van der Waals surface area contributed by atoms with E-state index in [4.69, 9.17) is 16.3 Å². The number of benzene rings is 2. The van der Waals surface area contributed by atoms with E-state index >= 15 is 0 Å². The minimum atomic E-state index is -0.865. The van der Waals surface area contributed by atoms with Crippen LogP contribution in [0.5, 0.6) is 5.75 Å². The number of rotatable bonds is 6. The second-order valence-corrected chi connectivity index (χ2v) is 5.96. The van der Waals surface area contributed by atoms with Gasteiger partial charge in [0, 0.05) is 5.69 Å². The van der Waals surface area contributed by atoms with Gasteiger partial charge in [0.15, 0.2) is 0 Å². The highest BCUT2D eigenvalue weighted by Crippen LogP contribution is 2.25. The molecular formula is C19H20ClN3O3. The Morgan fingerprint density at radius 2 is 1.88 bits per heavy atom. The van der Waals surface area contributed by atoms with Crippen molar-refractivity contribution in [1.29, 1.82) is 0 Å². The van der Waals surface area contributed by atoms with E-state index in [0.29, 0.717) is 28.6 Å². The first-order valence-electron chi connectivity index (χ1n) is 8.13. The molecule has 0 radical (unpaired) electrons. The van der Waals surface area contributed by atoms with E-state index in [9.17, 15) is 9.59 Å². The normalized spacial score (nSPS) is 10.6. The summed E-state index contributed by atoms with van der Waals surface area (Å²) in [4.78, 5) is 23.6. The number of nitrogens with one attached hydrogen (secondary N) is 2. The van der Waals surface area contributed by atoms with Crippen molar-refractivity contribution >= 4 is 35.3 Å². The first-order chi connectivity index (χ1) is 12.5. The van der Waals surface area contributed by atoms with Crippen LogP contribution in [0, 0.1) is 6.92 Å². The number of carbonyl (C=O) groups excluding carboxylic acids is 2. The lowest BCUT2D eigenvalue weighted by Crippen LogP contribution is -2.32. The minimum Gasteiger partial charge on any atom is -0.492 e. The second kappa shape index (κ2) is 9.58. The summed E-state index contributed by atoms with van der Waals surface area (Å²) in [7, 11) is 0. The molecule has 26 heavy (non-hydrogen) atoms. The van der Waals surface area contributed by atoms with Crippen molar-refractivity contribution in [3.63, 3.8) is 0 Å². The molecule has 7 heteroatoms. The maximum Gasteiger partial charge on any atom is 0.329 e. The molecule has 0 saturated heterocycles. The van der Waals surface area contributed by atoms with Gasteiger partial charge in [-0.2, -0.15) is 5.10 Å². The quantitative estimate of drug-likeness (QED) is 0.462. The number of hydrogen-bond acceptors (Lipinski definition) is 4. The van der Waals surface area contributed by atoms with Crippen molar-refractivity contribution in [1.82, 2.24) is 5.43 Å². The van der Waals surface area contributed by atoms with Crippen molar-refractivity contribution in [2.45, 2.75) is 20.3 Å². The molecule has 2 rings (SSSR count). The molecule has 2 N–H and O–H groups in total. The molecule has 0 saturated carbocycles. The van der Waals surface area contributed by atoms with E-state index in [-0.39, 0.29) is 0 Å². The standard InChI is InChI=1S/C19H20ClN3O3/c1-3-10-26-17-9-6-14(11-16(17)20)12-21-23-19(25)18(24)22-15-7-4-13(2)5-8-15/h4-9,11-12H,3,10H2,1-2H3,(H,22,24)(H,23,25)/b21-12-. The molecule has 0 fully saturated rings. The van der Waals surface area contributed by atoms with Gasteiger partial charge in [0.2, 0.25) is 0 Å². The number of hydrazone groups is 1. The van der Waals surface area contributed by atoms with E-state index in [2.05, 4.69) is 15.8 Å². The summed E-state index contributed by atoms with van der Waals surface area (Å²) in [6, 6.07) is 12.2. The van der Waals surface area contributed by atoms with Gasteiger partial charge in [-0.3, -0.25) is 9.59 Å². The van der Waals surface area contributed by atoms with Crippen molar-refractivity contribution in [3.05, 3.63) is 58.6 Å². The third-order valence-corrected chi connectivity index (χ3v) is 3.61. The van der Waals surface area contributed by atoms with E-state index in [0.717, 1.165) is 12.0 Å². The number of anilines is 1. The van der Waals surface area contributed by atoms with Crippen LogP contribution in [0.3, 0.4) is 0 Å². The smallest absolute Gasteiger partial charge is 0.329 e. The Bertz CT molecular complexity index is 804. The van der Waals surface area contributed by atoms with Gasteiger partial charge in [-0.1, -0.05) is 36.2 Å². The summed E-state index contributed by atoms with van der Waals surface area (Å²) in [6.07, 6.45) is 2.28. The van der Waals surface area contributed by atoms with Gasteiger partial charge in [-0.15, -0.1) is 0 Å². The van der Waals surface area contributed by atoms with Crippen LogP contribution in [-0.2, 0) is 9.59 Å². The lowest BCUT2D eigenvalue weighted by Gasteiger charge is -2.07. The first-order valence-corrected chi connectivity index (χ1v) is 8.50. The lowest BCUT2D eigenvalue weighted by molar-refractivity contribution is -0.136. The molecule has 2 aromatic carbocycles. The molecule has 2 aromatic rings. The Morgan fingerprint density at radius 3 is 2.54 bits per heavy atom. The number of amides is 2. The van der Waals surface area contributed by atoms with Crippen molar-refractivity contribution in [3.8, 4) is 5.75 Å². The molecule has 0 unspecified atom stereocenters. The zero-order chi connectivity index (χ0) is 18.9. The first kappa shape index (κ1) is 19.5. The summed E-state index contributed by atoms with van der Waals surface area (Å²) in [6.45, 7) is 4.52. The molecule has 0 aromatic heterocycles. The summed E-state index contributed by atoms with van der Waals surface area (Å²) in [5, 5.41) is 6.71. The molecule has 0 aliphatic carbocycles. The van der Waals surface area contributed by atoms with Gasteiger partial charge < -0.3 is 10.1 Å². The Labute approximate surface area is 157 Å². The van der Waals surface area contributed by atoms with Gasteiger partial charge in [0.25, 0.3) is 0 Å². The molecule has 2 amide bonds. The highest BCUT2D eigenvalue weighted by atomic mass is 35.5. The number of carbonyl (C=O) groups is 2. The fourth-order valence-electron chi connectivity index (χ4n) is 1.97. The van der Waals surface area contributed by atoms with Crippen LogP contribution in [0.4, 0.5) is 5.69 Å². The SMILES string of the molecule is CCCOc1ccc(/C=N\NC(=O)C(=O)Nc2ccc(C)cc2)cc1Cl. The zero-order valence-corrected chi connectivity index (χ0v) is 15.3. The molecule has 6 nitrogen and oxygen atoms in total. The van der Waals surface area contributed by atoms with Crippen LogP contribution >= 0.6 is 11.6 Å². The highest BCUT2D eigenvalue weighted by molar-refractivity contribution is 6.39. The summed E-state index contributed by atoms with van der Waals surface area (Å²) in [5.74, 6) is -1.07. The maximum absolute atomic E-state index is 11.8. The molecule has 0 aliphatic rings. The number of hydrogen-bond donors (Lipinski definition) is 2. The Kier molecular flexibility index (Phi) is 7.17. The molecule has 0 atom stereocenters. The number of nitrogens with zero attached hydrogens (tertiary/aromatic N) is 1. The summed E-state index contributed by atoms with van der Waals surface area (Å²) >= 11 is 6.12. The average Bonchev–Trinajstić information content (AvgIpc) is 2.62. The lowest BCUT2D eigenvalue weighted by atomic mass is 10.2. The highest BCUT2D eigenvalue weighted by Gasteiger charge is 2.12. The number of halogens is 1. The molecule has 0 heterocycles. The molecule has 0 aliphatic heterocycles. The molecule has 0 bridgehead atoms. The Hall–Kier alpha value is -2.86. The molecular weight excluding hydrogens is 354 g/mol. The second-order valence-electron chi connectivity index (χ2n) is 5.56. The molecule has 0 spiro atoms. The number of aryl methyl sites for hydroxylation is 1. The van der Waals surface area contributed by atoms with Crippen LogP contribution in [0.2, 0.25) is 5.02 Å². The summed E-state index contributed by atoms with van der Waals surface area (Å²) in [5.41, 5.74) is 4.43. The fraction of sp³-hybridized carbons (Fsp3) is 0.211. The van der Waals surface area contributed by atoms with Crippen LogP contribution in [-0.4, -0.2) is 24.6 Å². The predicted octanol–water partition coefficient (Wildman–Crippen LogP) is 3.53. The van der Waals surface area contributed by atoms with Gasteiger partial charge in [-0.05, 0) is 49.2 Å². The minimum absolute atomic E-state index is 0.450. The van der Waals surface area contributed by atoms with Gasteiger partial charge >= 0.3 is 11.8 Å². The topological polar surface area (TPSA) is 79.8 Å². The predicted molar refractivity (Wildman–Crippen MR) is 103 cm³/mol. The summed E-state index contributed by atoms with van der Waals surface area (Å²) < 4.78 is 5.48. The van der Waals surface area contributed by atoms with Crippen LogP contribution in [0.1, 0.15) is 24.5 Å².